The van der Waals surface area contributed by atoms with Crippen molar-refractivity contribution in [1.82, 2.24) is 4.98 Å². The number of benzene rings is 2. The van der Waals surface area contributed by atoms with E-state index in [0.717, 1.165) is 21.8 Å². The fraction of sp³-hybridized carbons (Fsp3) is 0.0625. The second kappa shape index (κ2) is 5.61. The van der Waals surface area contributed by atoms with Crippen molar-refractivity contribution in [2.24, 2.45) is 0 Å². The van der Waals surface area contributed by atoms with E-state index in [1.165, 1.54) is 23.5 Å². The zero-order valence-corrected chi connectivity index (χ0v) is 12.0. The first-order chi connectivity index (χ1) is 10.1. The normalized spacial score (nSPS) is 10.6. The summed E-state index contributed by atoms with van der Waals surface area (Å²) >= 11 is 1.48. The average molecular weight is 302 g/mol. The molecule has 0 spiro atoms. The van der Waals surface area contributed by atoms with Crippen LogP contribution in [0.2, 0.25) is 0 Å². The fourth-order valence-corrected chi connectivity index (χ4v) is 2.86. The monoisotopic (exact) mass is 302 g/mol. The minimum atomic E-state index is -0.863. The predicted molar refractivity (Wildman–Crippen MR) is 81.9 cm³/mol. The van der Waals surface area contributed by atoms with Gasteiger partial charge in [-0.15, -0.1) is 11.3 Å². The van der Waals surface area contributed by atoms with Crippen molar-refractivity contribution in [2.45, 2.75) is 6.92 Å². The van der Waals surface area contributed by atoms with Crippen molar-refractivity contribution in [1.29, 1.82) is 0 Å². The van der Waals surface area contributed by atoms with Crippen LogP contribution in [0.1, 0.15) is 4.88 Å². The van der Waals surface area contributed by atoms with Gasteiger partial charge in [0.25, 0.3) is 0 Å². The molecule has 0 amide bonds. The van der Waals surface area contributed by atoms with Gasteiger partial charge in [0.2, 0.25) is 0 Å². The molecule has 0 saturated heterocycles. The molecule has 0 radical (unpaired) electrons. The number of thiazole rings is 1. The Labute approximate surface area is 125 Å². The third-order valence-corrected chi connectivity index (χ3v) is 3.90. The molecule has 1 N–H and O–H groups in total. The van der Waals surface area contributed by atoms with Crippen molar-refractivity contribution in [2.75, 3.05) is 5.32 Å². The molecule has 0 atom stereocenters. The maximum Gasteiger partial charge on any atom is 0.187 e. The van der Waals surface area contributed by atoms with Crippen LogP contribution in [0.3, 0.4) is 0 Å². The van der Waals surface area contributed by atoms with Crippen molar-refractivity contribution in [3.05, 3.63) is 65.0 Å². The molecule has 0 bridgehead atoms. The maximum atomic E-state index is 13.3. The maximum absolute atomic E-state index is 13.3. The lowest BCUT2D eigenvalue weighted by atomic mass is 10.1. The zero-order valence-electron chi connectivity index (χ0n) is 11.2. The summed E-state index contributed by atoms with van der Waals surface area (Å²) in [5, 5.41) is 3.92. The van der Waals surface area contributed by atoms with E-state index in [1.54, 1.807) is 0 Å². The minimum absolute atomic E-state index is 0.573. The molecule has 21 heavy (non-hydrogen) atoms. The summed E-state index contributed by atoms with van der Waals surface area (Å²) in [4.78, 5) is 5.41. The summed E-state index contributed by atoms with van der Waals surface area (Å²) in [6.07, 6.45) is 0. The number of hydrogen-bond donors (Lipinski definition) is 1. The van der Waals surface area contributed by atoms with Crippen LogP contribution >= 0.6 is 11.3 Å². The Morgan fingerprint density at radius 3 is 2.48 bits per heavy atom. The first kappa shape index (κ1) is 13.7. The number of rotatable bonds is 3. The highest BCUT2D eigenvalue weighted by Gasteiger charge is 2.12. The summed E-state index contributed by atoms with van der Waals surface area (Å²) in [5.74, 6) is -1.72. The molecule has 3 aromatic rings. The average Bonchev–Trinajstić information content (AvgIpc) is 2.84. The first-order valence-electron chi connectivity index (χ1n) is 6.38. The van der Waals surface area contributed by atoms with E-state index in [4.69, 9.17) is 0 Å². The molecule has 106 valence electrons. The summed E-state index contributed by atoms with van der Waals surface area (Å²) in [5.41, 5.74) is 2.17. The summed E-state index contributed by atoms with van der Waals surface area (Å²) < 4.78 is 26.3. The Morgan fingerprint density at radius 1 is 1.00 bits per heavy atom. The number of aromatic nitrogens is 1. The number of para-hydroxylation sites is 1. The fourth-order valence-electron chi connectivity index (χ4n) is 2.01. The van der Waals surface area contributed by atoms with Crippen LogP contribution in [0, 0.1) is 18.6 Å². The van der Waals surface area contributed by atoms with Gasteiger partial charge in [0.05, 0.1) is 5.69 Å². The SMILES string of the molecule is Cc1sc(Nc2ccccc2)nc1-c1ccc(F)c(F)c1. The van der Waals surface area contributed by atoms with Gasteiger partial charge in [-0.3, -0.25) is 0 Å². The Bertz CT molecular complexity index is 769. The molecule has 0 fully saturated rings. The summed E-state index contributed by atoms with van der Waals surface area (Å²) in [6.45, 7) is 1.91. The highest BCUT2D eigenvalue weighted by Crippen LogP contribution is 2.32. The van der Waals surface area contributed by atoms with Crippen LogP contribution in [0.5, 0.6) is 0 Å². The summed E-state index contributed by atoms with van der Waals surface area (Å²) in [7, 11) is 0. The molecule has 0 aliphatic carbocycles. The zero-order chi connectivity index (χ0) is 14.8. The van der Waals surface area contributed by atoms with Gasteiger partial charge in [0.15, 0.2) is 16.8 Å². The van der Waals surface area contributed by atoms with Gasteiger partial charge in [-0.2, -0.15) is 0 Å². The van der Waals surface area contributed by atoms with Crippen LogP contribution in [0.15, 0.2) is 48.5 Å². The number of nitrogens with zero attached hydrogens (tertiary/aromatic N) is 1. The first-order valence-corrected chi connectivity index (χ1v) is 7.20. The van der Waals surface area contributed by atoms with Crippen LogP contribution in [0.25, 0.3) is 11.3 Å². The predicted octanol–water partition coefficient (Wildman–Crippen LogP) is 5.14. The van der Waals surface area contributed by atoms with E-state index in [-0.39, 0.29) is 0 Å². The summed E-state index contributed by atoms with van der Waals surface area (Å²) in [6, 6.07) is 13.5. The lowest BCUT2D eigenvalue weighted by Gasteiger charge is -2.01. The molecular weight excluding hydrogens is 290 g/mol. The van der Waals surface area contributed by atoms with Crippen LogP contribution < -0.4 is 5.32 Å². The van der Waals surface area contributed by atoms with Gasteiger partial charge in [-0.25, -0.2) is 13.8 Å². The molecule has 2 aromatic carbocycles. The largest absolute Gasteiger partial charge is 0.332 e. The number of aryl methyl sites for hydroxylation is 1. The van der Waals surface area contributed by atoms with E-state index in [0.29, 0.717) is 11.3 Å². The smallest absolute Gasteiger partial charge is 0.187 e. The second-order valence-electron chi connectivity index (χ2n) is 4.54. The van der Waals surface area contributed by atoms with Crippen molar-refractivity contribution in [3.63, 3.8) is 0 Å². The van der Waals surface area contributed by atoms with Crippen LogP contribution in [0.4, 0.5) is 19.6 Å². The van der Waals surface area contributed by atoms with Crippen LogP contribution in [-0.4, -0.2) is 4.98 Å². The second-order valence-corrected chi connectivity index (χ2v) is 5.75. The third kappa shape index (κ3) is 2.92. The molecule has 5 heteroatoms. The lowest BCUT2D eigenvalue weighted by Crippen LogP contribution is -1.90. The van der Waals surface area contributed by atoms with Gasteiger partial charge >= 0.3 is 0 Å². The molecule has 1 heterocycles. The van der Waals surface area contributed by atoms with Gasteiger partial charge < -0.3 is 5.32 Å². The molecule has 0 unspecified atom stereocenters. The van der Waals surface area contributed by atoms with Crippen molar-refractivity contribution >= 4 is 22.2 Å². The Hall–Kier alpha value is -2.27. The van der Waals surface area contributed by atoms with Gasteiger partial charge in [-0.1, -0.05) is 18.2 Å². The minimum Gasteiger partial charge on any atom is -0.332 e. The van der Waals surface area contributed by atoms with Gasteiger partial charge in [0, 0.05) is 16.1 Å². The van der Waals surface area contributed by atoms with Crippen molar-refractivity contribution in [3.8, 4) is 11.3 Å². The lowest BCUT2D eigenvalue weighted by molar-refractivity contribution is 0.509. The molecule has 1 aromatic heterocycles. The molecular formula is C16H12F2N2S. The number of nitrogens with one attached hydrogen (secondary N) is 1. The topological polar surface area (TPSA) is 24.9 Å². The van der Waals surface area contributed by atoms with E-state index in [1.807, 2.05) is 37.3 Å². The molecule has 3 rings (SSSR count). The standard InChI is InChI=1S/C16H12F2N2S/c1-10-15(11-7-8-13(17)14(18)9-11)20-16(21-10)19-12-5-3-2-4-6-12/h2-9H,1H3,(H,19,20). The molecule has 0 saturated carbocycles. The number of halogens is 2. The molecule has 0 aliphatic rings. The Morgan fingerprint density at radius 2 is 1.76 bits per heavy atom. The Kier molecular flexibility index (Phi) is 3.66. The van der Waals surface area contributed by atoms with Gasteiger partial charge in [0.1, 0.15) is 0 Å². The molecule has 0 aliphatic heterocycles. The number of hydrogen-bond acceptors (Lipinski definition) is 3. The van der Waals surface area contributed by atoms with E-state index in [2.05, 4.69) is 10.3 Å². The van der Waals surface area contributed by atoms with Crippen molar-refractivity contribution < 1.29 is 8.78 Å². The van der Waals surface area contributed by atoms with E-state index < -0.39 is 11.6 Å². The quantitative estimate of drug-likeness (QED) is 0.724. The van der Waals surface area contributed by atoms with E-state index in [9.17, 15) is 8.78 Å². The highest BCUT2D eigenvalue weighted by atomic mass is 32.1. The number of anilines is 2. The van der Waals surface area contributed by atoms with E-state index >= 15 is 0 Å². The Balaban J connectivity index is 1.92. The highest BCUT2D eigenvalue weighted by molar-refractivity contribution is 7.16. The van der Waals surface area contributed by atoms with Crippen LogP contribution in [-0.2, 0) is 0 Å². The third-order valence-electron chi connectivity index (χ3n) is 3.01. The molecule has 2 nitrogen and oxygen atoms in total. The van der Waals surface area contributed by atoms with Gasteiger partial charge in [-0.05, 0) is 37.3 Å².